The maximum absolute atomic E-state index is 11.1. The lowest BCUT2D eigenvalue weighted by Gasteiger charge is -2.27. The highest BCUT2D eigenvalue weighted by Crippen LogP contribution is 2.38. The average Bonchev–Trinajstić information content (AvgIpc) is 3.25. The zero-order valence-electron chi connectivity index (χ0n) is 15.1. The Labute approximate surface area is 152 Å². The molecule has 0 saturated carbocycles. The predicted octanol–water partition coefficient (Wildman–Crippen LogP) is 4.61. The van der Waals surface area contributed by atoms with Gasteiger partial charge in [0.15, 0.2) is 0 Å². The zero-order chi connectivity index (χ0) is 18.3. The number of aromatic nitrogens is 2. The molecule has 4 rings (SSSR count). The number of nitrogens with zero attached hydrogens (tertiary/aromatic N) is 4. The van der Waals surface area contributed by atoms with Gasteiger partial charge in [-0.05, 0) is 51.0 Å². The van der Waals surface area contributed by atoms with E-state index in [-0.39, 0.29) is 16.7 Å². The zero-order valence-corrected chi connectivity index (χ0v) is 15.1. The van der Waals surface area contributed by atoms with Crippen molar-refractivity contribution in [3.63, 3.8) is 0 Å². The minimum absolute atomic E-state index is 0.172. The molecule has 2 heterocycles. The molecule has 2 aromatic carbocycles. The summed E-state index contributed by atoms with van der Waals surface area (Å²) < 4.78 is 2.29. The first-order chi connectivity index (χ1) is 12.6. The number of hydrogen-bond acceptors (Lipinski definition) is 4. The molecule has 0 radical (unpaired) electrons. The molecule has 1 saturated heterocycles. The Hall–Kier alpha value is -2.89. The number of aryl methyl sites for hydroxylation is 2. The van der Waals surface area contributed by atoms with Gasteiger partial charge in [-0.25, -0.2) is 4.98 Å². The topological polar surface area (TPSA) is 64.2 Å². The summed E-state index contributed by atoms with van der Waals surface area (Å²) in [5.74, 6) is 1.09. The summed E-state index contributed by atoms with van der Waals surface area (Å²) in [7, 11) is 0. The van der Waals surface area contributed by atoms with Crippen molar-refractivity contribution in [2.45, 2.75) is 39.3 Å². The molecule has 0 spiro atoms. The van der Waals surface area contributed by atoms with Crippen LogP contribution in [0.5, 0.6) is 0 Å². The lowest BCUT2D eigenvalue weighted by Crippen LogP contribution is -2.25. The van der Waals surface area contributed by atoms with E-state index in [9.17, 15) is 10.1 Å². The number of imidazole rings is 1. The van der Waals surface area contributed by atoms with E-state index in [1.54, 1.807) is 13.0 Å². The third-order valence-electron chi connectivity index (χ3n) is 5.26. The fraction of sp³-hybridized carbons (Fsp3) is 0.350. The number of hydrogen-bond donors (Lipinski definition) is 0. The van der Waals surface area contributed by atoms with Crippen LogP contribution >= 0.6 is 0 Å². The number of fused-ring (bicyclic) bond motifs is 1. The van der Waals surface area contributed by atoms with E-state index < -0.39 is 0 Å². The van der Waals surface area contributed by atoms with Gasteiger partial charge in [0.25, 0.3) is 5.69 Å². The molecule has 0 amide bonds. The van der Waals surface area contributed by atoms with Gasteiger partial charge in [-0.3, -0.25) is 10.1 Å². The first-order valence-corrected chi connectivity index (χ1v) is 9.07. The van der Waals surface area contributed by atoms with Crippen LogP contribution in [-0.2, 0) is 6.54 Å². The van der Waals surface area contributed by atoms with Gasteiger partial charge >= 0.3 is 0 Å². The highest BCUT2D eigenvalue weighted by Gasteiger charge is 2.31. The van der Waals surface area contributed by atoms with E-state index in [1.165, 1.54) is 0 Å². The third-order valence-corrected chi connectivity index (χ3v) is 5.26. The summed E-state index contributed by atoms with van der Waals surface area (Å²) in [6.07, 6.45) is 2.13. The third kappa shape index (κ3) is 2.62. The van der Waals surface area contributed by atoms with Crippen LogP contribution in [0.2, 0.25) is 0 Å². The molecule has 6 nitrogen and oxygen atoms in total. The van der Waals surface area contributed by atoms with Crippen molar-refractivity contribution >= 4 is 22.4 Å². The van der Waals surface area contributed by atoms with Gasteiger partial charge in [0.05, 0.1) is 22.0 Å². The highest BCUT2D eigenvalue weighted by molar-refractivity contribution is 5.76. The van der Waals surface area contributed by atoms with Crippen LogP contribution in [-0.4, -0.2) is 21.0 Å². The first-order valence-electron chi connectivity index (χ1n) is 9.07. The van der Waals surface area contributed by atoms with Crippen LogP contribution in [0.4, 0.5) is 11.4 Å². The van der Waals surface area contributed by atoms with Gasteiger partial charge in [-0.2, -0.15) is 0 Å². The van der Waals surface area contributed by atoms with Gasteiger partial charge in [0.2, 0.25) is 0 Å². The Balaban J connectivity index is 1.76. The van der Waals surface area contributed by atoms with Crippen LogP contribution in [0.25, 0.3) is 11.0 Å². The van der Waals surface area contributed by atoms with E-state index in [1.807, 2.05) is 24.3 Å². The van der Waals surface area contributed by atoms with Gasteiger partial charge in [-0.1, -0.05) is 12.1 Å². The molecule has 1 unspecified atom stereocenters. The molecule has 0 bridgehead atoms. The first kappa shape index (κ1) is 16.6. The van der Waals surface area contributed by atoms with Crippen molar-refractivity contribution in [3.8, 4) is 0 Å². The second-order valence-corrected chi connectivity index (χ2v) is 6.78. The summed E-state index contributed by atoms with van der Waals surface area (Å²) >= 11 is 0. The molecular formula is C20H22N4O2. The molecule has 1 aliphatic heterocycles. The molecule has 0 aliphatic carbocycles. The van der Waals surface area contributed by atoms with E-state index in [0.29, 0.717) is 5.56 Å². The van der Waals surface area contributed by atoms with E-state index >= 15 is 0 Å². The van der Waals surface area contributed by atoms with Gasteiger partial charge in [0, 0.05) is 30.4 Å². The fourth-order valence-corrected chi connectivity index (χ4v) is 4.05. The quantitative estimate of drug-likeness (QED) is 0.509. The molecule has 0 N–H and O–H groups in total. The molecule has 1 aliphatic rings. The van der Waals surface area contributed by atoms with Crippen LogP contribution in [0.1, 0.15) is 37.2 Å². The van der Waals surface area contributed by atoms with Gasteiger partial charge < -0.3 is 9.47 Å². The molecule has 1 atom stereocenters. The van der Waals surface area contributed by atoms with Crippen LogP contribution in [0.3, 0.4) is 0 Å². The lowest BCUT2D eigenvalue weighted by molar-refractivity contribution is -0.385. The molecule has 1 aromatic heterocycles. The van der Waals surface area contributed by atoms with Crippen molar-refractivity contribution in [1.29, 1.82) is 0 Å². The van der Waals surface area contributed by atoms with Gasteiger partial charge in [0.1, 0.15) is 5.82 Å². The van der Waals surface area contributed by atoms with Crippen LogP contribution in [0.15, 0.2) is 42.5 Å². The molecule has 26 heavy (non-hydrogen) atoms. The Morgan fingerprint density at radius 2 is 2.08 bits per heavy atom. The van der Waals surface area contributed by atoms with Crippen molar-refractivity contribution in [3.05, 3.63) is 64.0 Å². The SMILES string of the molecule is CCn1c(C2CCCN2c2ccc([N+](=O)[O-])c(C)c2)nc2ccccc21. The van der Waals surface area contributed by atoms with Crippen LogP contribution in [0, 0.1) is 17.0 Å². The summed E-state index contributed by atoms with van der Waals surface area (Å²) in [6.45, 7) is 5.76. The molecule has 1 fully saturated rings. The molecule has 134 valence electrons. The number of benzene rings is 2. The second-order valence-electron chi connectivity index (χ2n) is 6.78. The number of nitro groups is 1. The van der Waals surface area contributed by atoms with Crippen molar-refractivity contribution in [1.82, 2.24) is 9.55 Å². The lowest BCUT2D eigenvalue weighted by atomic mass is 10.1. The normalized spacial score (nSPS) is 17.2. The highest BCUT2D eigenvalue weighted by atomic mass is 16.6. The summed E-state index contributed by atoms with van der Waals surface area (Å²) in [4.78, 5) is 18.0. The Morgan fingerprint density at radius 1 is 1.27 bits per heavy atom. The number of para-hydroxylation sites is 2. The fourth-order valence-electron chi connectivity index (χ4n) is 4.05. The summed E-state index contributed by atoms with van der Waals surface area (Å²) in [5.41, 5.74) is 4.09. The van der Waals surface area contributed by atoms with E-state index in [0.717, 1.165) is 48.5 Å². The number of rotatable bonds is 4. The predicted molar refractivity (Wildman–Crippen MR) is 103 cm³/mol. The van der Waals surface area contributed by atoms with Crippen LogP contribution < -0.4 is 4.90 Å². The Bertz CT molecular complexity index is 979. The average molecular weight is 350 g/mol. The Kier molecular flexibility index (Phi) is 4.11. The largest absolute Gasteiger partial charge is 0.361 e. The second kappa shape index (κ2) is 6.44. The maximum atomic E-state index is 11.1. The van der Waals surface area contributed by atoms with Crippen molar-refractivity contribution in [2.75, 3.05) is 11.4 Å². The standard InChI is InChI=1S/C20H22N4O2/c1-3-22-18-8-5-4-7-16(18)21-20(22)19-9-6-12-23(19)15-10-11-17(24(25)26)14(2)13-15/h4-5,7-8,10-11,13,19H,3,6,9,12H2,1-2H3. The van der Waals surface area contributed by atoms with E-state index in [4.69, 9.17) is 4.98 Å². The minimum atomic E-state index is -0.322. The monoisotopic (exact) mass is 350 g/mol. The van der Waals surface area contributed by atoms with Crippen molar-refractivity contribution in [2.24, 2.45) is 0 Å². The Morgan fingerprint density at radius 3 is 2.81 bits per heavy atom. The van der Waals surface area contributed by atoms with E-state index in [2.05, 4.69) is 28.5 Å². The van der Waals surface area contributed by atoms with Gasteiger partial charge in [-0.15, -0.1) is 0 Å². The van der Waals surface area contributed by atoms with Crippen molar-refractivity contribution < 1.29 is 4.92 Å². The summed E-state index contributed by atoms with van der Waals surface area (Å²) in [6, 6.07) is 13.8. The maximum Gasteiger partial charge on any atom is 0.272 e. The number of anilines is 1. The smallest absolute Gasteiger partial charge is 0.272 e. The number of nitro benzene ring substituents is 1. The molecular weight excluding hydrogens is 328 g/mol. The summed E-state index contributed by atoms with van der Waals surface area (Å²) in [5, 5.41) is 11.1. The molecule has 6 heteroatoms. The minimum Gasteiger partial charge on any atom is -0.361 e. The molecule has 3 aromatic rings.